The van der Waals surface area contributed by atoms with E-state index < -0.39 is 10.5 Å². The van der Waals surface area contributed by atoms with Gasteiger partial charge in [0.25, 0.3) is 11.6 Å². The third-order valence-corrected chi connectivity index (χ3v) is 2.92. The molecule has 0 radical (unpaired) electrons. The summed E-state index contributed by atoms with van der Waals surface area (Å²) < 4.78 is 0. The number of nitro groups is 1. The fourth-order valence-electron chi connectivity index (χ4n) is 1.30. The van der Waals surface area contributed by atoms with E-state index in [1.165, 1.54) is 29.2 Å². The molecule has 0 aliphatic heterocycles. The largest absolute Gasteiger partial charge is 0.394 e. The van der Waals surface area contributed by atoms with Gasteiger partial charge in [-0.15, -0.1) is 0 Å². The fraction of sp³-hybridized carbons (Fsp3) is 0.417. The lowest BCUT2D eigenvalue weighted by Gasteiger charge is -2.33. The van der Waals surface area contributed by atoms with Crippen molar-refractivity contribution in [3.8, 4) is 0 Å². The normalized spacial score (nSPS) is 11.1. The maximum absolute atomic E-state index is 12.1. The van der Waals surface area contributed by atoms with Crippen molar-refractivity contribution in [1.82, 2.24) is 4.90 Å². The predicted molar refractivity (Wildman–Crippen MR) is 66.4 cm³/mol. The van der Waals surface area contributed by atoms with Gasteiger partial charge in [-0.25, -0.2) is 0 Å². The number of aliphatic hydroxyl groups excluding tert-OH is 1. The second-order valence-corrected chi connectivity index (χ2v) is 4.64. The van der Waals surface area contributed by atoms with Gasteiger partial charge in [-0.2, -0.15) is 0 Å². The Bertz CT molecular complexity index is 454. The number of likely N-dealkylation sites (N-methyl/N-ethyl adjacent to an activating group) is 1. The molecule has 0 aliphatic rings. The predicted octanol–water partition coefficient (Wildman–Crippen LogP) is 1.44. The van der Waals surface area contributed by atoms with Gasteiger partial charge in [-0.1, -0.05) is 0 Å². The Hall–Kier alpha value is -1.95. The van der Waals surface area contributed by atoms with Gasteiger partial charge in [0, 0.05) is 24.7 Å². The van der Waals surface area contributed by atoms with Crippen molar-refractivity contribution in [2.45, 2.75) is 19.4 Å². The Morgan fingerprint density at radius 1 is 1.39 bits per heavy atom. The first kappa shape index (κ1) is 14.1. The summed E-state index contributed by atoms with van der Waals surface area (Å²) in [6.07, 6.45) is 0. The average molecular weight is 252 g/mol. The van der Waals surface area contributed by atoms with E-state index in [4.69, 9.17) is 0 Å². The highest BCUT2D eigenvalue weighted by atomic mass is 16.6. The van der Waals surface area contributed by atoms with Crippen LogP contribution >= 0.6 is 0 Å². The summed E-state index contributed by atoms with van der Waals surface area (Å²) in [5.74, 6) is -0.288. The number of benzene rings is 1. The van der Waals surface area contributed by atoms with Crippen LogP contribution in [0.4, 0.5) is 5.69 Å². The molecule has 0 saturated carbocycles. The number of nitrogens with zero attached hydrogens (tertiary/aromatic N) is 2. The number of amides is 1. The molecule has 0 saturated heterocycles. The molecule has 0 spiro atoms. The minimum Gasteiger partial charge on any atom is -0.394 e. The van der Waals surface area contributed by atoms with Crippen LogP contribution in [0.5, 0.6) is 0 Å². The maximum atomic E-state index is 12.1. The van der Waals surface area contributed by atoms with Gasteiger partial charge in [-0.05, 0) is 26.0 Å². The molecule has 1 aromatic carbocycles. The van der Waals surface area contributed by atoms with E-state index in [2.05, 4.69) is 0 Å². The molecular weight excluding hydrogens is 236 g/mol. The zero-order chi connectivity index (χ0) is 13.9. The number of rotatable bonds is 4. The van der Waals surface area contributed by atoms with Crippen LogP contribution in [0.2, 0.25) is 0 Å². The lowest BCUT2D eigenvalue weighted by molar-refractivity contribution is -0.384. The maximum Gasteiger partial charge on any atom is 0.269 e. The first-order valence-corrected chi connectivity index (χ1v) is 5.43. The SMILES string of the molecule is CN(C(=O)c1ccc([N+](=O)[O-])cc1)C(C)(C)CO. The van der Waals surface area contributed by atoms with Crippen LogP contribution in [-0.2, 0) is 0 Å². The number of carbonyl (C=O) groups excluding carboxylic acids is 1. The van der Waals surface area contributed by atoms with Crippen LogP contribution < -0.4 is 0 Å². The molecule has 0 heterocycles. The zero-order valence-electron chi connectivity index (χ0n) is 10.6. The van der Waals surface area contributed by atoms with Crippen molar-refractivity contribution in [1.29, 1.82) is 0 Å². The molecule has 1 aromatic rings. The highest BCUT2D eigenvalue weighted by molar-refractivity contribution is 5.94. The van der Waals surface area contributed by atoms with E-state index in [1.807, 2.05) is 0 Å². The van der Waals surface area contributed by atoms with Gasteiger partial charge in [0.2, 0.25) is 0 Å². The second kappa shape index (κ2) is 5.14. The lowest BCUT2D eigenvalue weighted by Crippen LogP contribution is -2.47. The van der Waals surface area contributed by atoms with Crippen molar-refractivity contribution in [2.24, 2.45) is 0 Å². The van der Waals surface area contributed by atoms with Gasteiger partial charge < -0.3 is 10.0 Å². The Kier molecular flexibility index (Phi) is 4.03. The van der Waals surface area contributed by atoms with Crippen LogP contribution in [-0.4, -0.2) is 40.0 Å². The minimum absolute atomic E-state index is 0.0596. The summed E-state index contributed by atoms with van der Waals surface area (Å²) in [5, 5.41) is 19.7. The van der Waals surface area contributed by atoms with Gasteiger partial charge in [0.15, 0.2) is 0 Å². The highest BCUT2D eigenvalue weighted by Crippen LogP contribution is 2.17. The summed E-state index contributed by atoms with van der Waals surface area (Å²) >= 11 is 0. The van der Waals surface area contributed by atoms with E-state index in [-0.39, 0.29) is 18.2 Å². The van der Waals surface area contributed by atoms with Crippen LogP contribution in [0.1, 0.15) is 24.2 Å². The summed E-state index contributed by atoms with van der Waals surface area (Å²) in [6.45, 7) is 3.30. The number of aliphatic hydroxyl groups is 1. The molecule has 98 valence electrons. The van der Waals surface area contributed by atoms with Crippen LogP contribution in [0.15, 0.2) is 24.3 Å². The molecule has 0 aromatic heterocycles. The summed E-state index contributed by atoms with van der Waals surface area (Å²) in [7, 11) is 1.58. The van der Waals surface area contributed by atoms with Crippen LogP contribution in [0, 0.1) is 10.1 Å². The molecule has 0 atom stereocenters. The average Bonchev–Trinajstić information content (AvgIpc) is 2.37. The lowest BCUT2D eigenvalue weighted by atomic mass is 10.0. The van der Waals surface area contributed by atoms with Crippen molar-refractivity contribution in [2.75, 3.05) is 13.7 Å². The van der Waals surface area contributed by atoms with E-state index in [0.717, 1.165) is 0 Å². The quantitative estimate of drug-likeness (QED) is 0.649. The number of non-ortho nitro benzene ring substituents is 1. The first-order valence-electron chi connectivity index (χ1n) is 5.43. The molecule has 1 amide bonds. The molecule has 18 heavy (non-hydrogen) atoms. The summed E-state index contributed by atoms with van der Waals surface area (Å²) in [6, 6.07) is 5.38. The Morgan fingerprint density at radius 3 is 2.28 bits per heavy atom. The fourth-order valence-corrected chi connectivity index (χ4v) is 1.30. The second-order valence-electron chi connectivity index (χ2n) is 4.64. The first-order chi connectivity index (χ1) is 8.29. The summed E-state index contributed by atoms with van der Waals surface area (Å²) in [4.78, 5) is 23.5. The van der Waals surface area contributed by atoms with Gasteiger partial charge in [0.1, 0.15) is 0 Å². The number of hydrogen-bond donors (Lipinski definition) is 1. The summed E-state index contributed by atoms with van der Waals surface area (Å²) in [5.41, 5.74) is -0.390. The van der Waals surface area contributed by atoms with Gasteiger partial charge >= 0.3 is 0 Å². The van der Waals surface area contributed by atoms with Crippen molar-refractivity contribution in [3.05, 3.63) is 39.9 Å². The topological polar surface area (TPSA) is 83.7 Å². The molecule has 0 bridgehead atoms. The highest BCUT2D eigenvalue weighted by Gasteiger charge is 2.27. The number of hydrogen-bond acceptors (Lipinski definition) is 4. The number of carbonyl (C=O) groups is 1. The molecular formula is C12H16N2O4. The molecule has 0 aliphatic carbocycles. The molecule has 6 nitrogen and oxygen atoms in total. The molecule has 6 heteroatoms. The van der Waals surface area contributed by atoms with Crippen LogP contribution in [0.3, 0.4) is 0 Å². The number of nitro benzene ring substituents is 1. The van der Waals surface area contributed by atoms with Crippen LogP contribution in [0.25, 0.3) is 0 Å². The van der Waals surface area contributed by atoms with E-state index in [1.54, 1.807) is 20.9 Å². The Balaban J connectivity index is 2.94. The monoisotopic (exact) mass is 252 g/mol. The van der Waals surface area contributed by atoms with Gasteiger partial charge in [-0.3, -0.25) is 14.9 Å². The molecule has 0 unspecified atom stereocenters. The van der Waals surface area contributed by atoms with E-state index in [9.17, 15) is 20.0 Å². The van der Waals surface area contributed by atoms with E-state index in [0.29, 0.717) is 5.56 Å². The third kappa shape index (κ3) is 2.84. The van der Waals surface area contributed by atoms with Crippen molar-refractivity contribution in [3.63, 3.8) is 0 Å². The minimum atomic E-state index is -0.682. The zero-order valence-corrected chi connectivity index (χ0v) is 10.6. The van der Waals surface area contributed by atoms with Gasteiger partial charge in [0.05, 0.1) is 17.1 Å². The van der Waals surface area contributed by atoms with Crippen molar-refractivity contribution < 1.29 is 14.8 Å². The van der Waals surface area contributed by atoms with Crippen molar-refractivity contribution >= 4 is 11.6 Å². The molecule has 1 N–H and O–H groups in total. The Morgan fingerprint density at radius 2 is 1.89 bits per heavy atom. The molecule has 0 fully saturated rings. The smallest absolute Gasteiger partial charge is 0.269 e. The standard InChI is InChI=1S/C12H16N2O4/c1-12(2,8-15)13(3)11(16)9-4-6-10(7-5-9)14(17)18/h4-7,15H,8H2,1-3H3. The Labute approximate surface area is 105 Å². The molecule has 1 rings (SSSR count). The van der Waals surface area contributed by atoms with E-state index >= 15 is 0 Å². The third-order valence-electron chi connectivity index (χ3n) is 2.92.